The normalized spacial score (nSPS) is 16.7. The Kier molecular flexibility index (Phi) is 5.53. The molecule has 0 spiro atoms. The lowest BCUT2D eigenvalue weighted by atomic mass is 10.1. The fourth-order valence-corrected chi connectivity index (χ4v) is 5.31. The van der Waals surface area contributed by atoms with Gasteiger partial charge in [-0.25, -0.2) is 4.98 Å². The third kappa shape index (κ3) is 3.94. The van der Waals surface area contributed by atoms with Gasteiger partial charge in [0.25, 0.3) is 11.8 Å². The van der Waals surface area contributed by atoms with E-state index >= 15 is 0 Å². The van der Waals surface area contributed by atoms with Crippen molar-refractivity contribution in [2.75, 3.05) is 31.1 Å². The Bertz CT molecular complexity index is 1180. The third-order valence-electron chi connectivity index (χ3n) is 6.14. The largest absolute Gasteiger partial charge is 0.368 e. The molecule has 164 valence electrons. The molecule has 1 aromatic heterocycles. The van der Waals surface area contributed by atoms with Gasteiger partial charge in [0.2, 0.25) is 0 Å². The first-order valence-corrected chi connectivity index (χ1v) is 11.8. The van der Waals surface area contributed by atoms with Gasteiger partial charge in [0, 0.05) is 43.8 Å². The Balaban J connectivity index is 1.31. The molecule has 0 aliphatic carbocycles. The maximum atomic E-state index is 13.3. The van der Waals surface area contributed by atoms with Crippen molar-refractivity contribution in [2.45, 2.75) is 26.9 Å². The van der Waals surface area contributed by atoms with E-state index < -0.39 is 0 Å². The summed E-state index contributed by atoms with van der Waals surface area (Å²) in [5.41, 5.74) is 5.43. The summed E-state index contributed by atoms with van der Waals surface area (Å²) in [5.74, 6) is -0.437. The highest BCUT2D eigenvalue weighted by Crippen LogP contribution is 2.33. The molecule has 2 amide bonds. The van der Waals surface area contributed by atoms with Gasteiger partial charge < -0.3 is 4.90 Å². The first-order chi connectivity index (χ1) is 15.5. The summed E-state index contributed by atoms with van der Waals surface area (Å²) in [7, 11) is 0. The highest BCUT2D eigenvalue weighted by molar-refractivity contribution is 7.09. The summed E-state index contributed by atoms with van der Waals surface area (Å²) >= 11 is 1.48. The topological polar surface area (TPSA) is 56.8 Å². The quantitative estimate of drug-likeness (QED) is 0.557. The fraction of sp³-hybridized carbons (Fsp3) is 0.320. The van der Waals surface area contributed by atoms with E-state index in [4.69, 9.17) is 0 Å². The van der Waals surface area contributed by atoms with Crippen LogP contribution in [0.4, 0.5) is 5.69 Å². The number of piperazine rings is 1. The first kappa shape index (κ1) is 20.8. The van der Waals surface area contributed by atoms with Crippen LogP contribution in [0.2, 0.25) is 0 Å². The number of anilines is 1. The number of amides is 2. The molecular weight excluding hydrogens is 420 g/mol. The number of rotatable bonds is 5. The van der Waals surface area contributed by atoms with Crippen LogP contribution in [0.25, 0.3) is 0 Å². The number of aromatic nitrogens is 1. The number of nitrogens with zero attached hydrogens (tertiary/aromatic N) is 4. The van der Waals surface area contributed by atoms with Gasteiger partial charge in [0.15, 0.2) is 0 Å². The SMILES string of the molecule is Cc1cccc(CN2CCN(c3cccc4c3C(=O)N(Cc3nc(C)cs3)C4=O)CC2)c1. The van der Waals surface area contributed by atoms with E-state index in [0.29, 0.717) is 11.1 Å². The van der Waals surface area contributed by atoms with E-state index in [1.165, 1.54) is 27.4 Å². The Morgan fingerprint density at radius 1 is 0.938 bits per heavy atom. The zero-order valence-corrected chi connectivity index (χ0v) is 19.2. The van der Waals surface area contributed by atoms with Crippen molar-refractivity contribution >= 4 is 28.8 Å². The Morgan fingerprint density at radius 3 is 2.44 bits per heavy atom. The highest BCUT2D eigenvalue weighted by Gasteiger charge is 2.39. The lowest BCUT2D eigenvalue weighted by Crippen LogP contribution is -2.46. The molecule has 1 fully saturated rings. The number of benzene rings is 2. The van der Waals surface area contributed by atoms with Crippen LogP contribution in [0.1, 0.15) is 42.5 Å². The Hall–Kier alpha value is -3.03. The molecule has 0 radical (unpaired) electrons. The summed E-state index contributed by atoms with van der Waals surface area (Å²) in [6.07, 6.45) is 0. The number of fused-ring (bicyclic) bond motifs is 1. The molecular formula is C25H26N4O2S. The summed E-state index contributed by atoms with van der Waals surface area (Å²) in [4.78, 5) is 36.7. The van der Waals surface area contributed by atoms with Crippen molar-refractivity contribution in [3.05, 3.63) is 80.8 Å². The molecule has 2 aliphatic rings. The fourth-order valence-electron chi connectivity index (χ4n) is 4.55. The van der Waals surface area contributed by atoms with Crippen LogP contribution in [0, 0.1) is 13.8 Å². The number of hydrogen-bond acceptors (Lipinski definition) is 6. The lowest BCUT2D eigenvalue weighted by Gasteiger charge is -2.36. The molecule has 6 nitrogen and oxygen atoms in total. The number of hydrogen-bond donors (Lipinski definition) is 0. The van der Waals surface area contributed by atoms with Gasteiger partial charge in [-0.2, -0.15) is 0 Å². The Labute approximate surface area is 192 Å². The van der Waals surface area contributed by atoms with Crippen LogP contribution >= 0.6 is 11.3 Å². The maximum absolute atomic E-state index is 13.3. The molecule has 1 saturated heterocycles. The van der Waals surface area contributed by atoms with Crippen molar-refractivity contribution in [3.63, 3.8) is 0 Å². The van der Waals surface area contributed by atoms with Crippen LogP contribution in [0.5, 0.6) is 0 Å². The minimum absolute atomic E-state index is 0.212. The summed E-state index contributed by atoms with van der Waals surface area (Å²) < 4.78 is 0. The summed E-state index contributed by atoms with van der Waals surface area (Å²) in [5, 5.41) is 2.72. The standard InChI is InChI=1S/C25H26N4O2S/c1-17-5-3-6-19(13-17)14-27-9-11-28(12-10-27)21-8-4-7-20-23(21)25(31)29(24(20)30)15-22-26-18(2)16-32-22/h3-8,13,16H,9-12,14-15H2,1-2H3. The monoisotopic (exact) mass is 446 g/mol. The molecule has 2 aromatic carbocycles. The smallest absolute Gasteiger partial charge is 0.264 e. The van der Waals surface area contributed by atoms with E-state index in [-0.39, 0.29) is 18.4 Å². The molecule has 3 aromatic rings. The van der Waals surface area contributed by atoms with E-state index in [1.54, 1.807) is 6.07 Å². The first-order valence-electron chi connectivity index (χ1n) is 10.9. The van der Waals surface area contributed by atoms with Gasteiger partial charge in [-0.1, -0.05) is 35.9 Å². The molecule has 0 N–H and O–H groups in total. The zero-order valence-electron chi connectivity index (χ0n) is 18.4. The summed E-state index contributed by atoms with van der Waals surface area (Å²) in [6, 6.07) is 14.3. The average molecular weight is 447 g/mol. The highest BCUT2D eigenvalue weighted by atomic mass is 32.1. The van der Waals surface area contributed by atoms with Crippen LogP contribution in [0.3, 0.4) is 0 Å². The second kappa shape index (κ2) is 8.48. The molecule has 7 heteroatoms. The van der Waals surface area contributed by atoms with E-state index in [2.05, 4.69) is 46.0 Å². The van der Waals surface area contributed by atoms with Crippen molar-refractivity contribution in [1.29, 1.82) is 0 Å². The number of aryl methyl sites for hydroxylation is 2. The molecule has 0 atom stereocenters. The van der Waals surface area contributed by atoms with E-state index in [0.717, 1.165) is 49.1 Å². The van der Waals surface area contributed by atoms with Gasteiger partial charge in [-0.3, -0.25) is 19.4 Å². The zero-order chi connectivity index (χ0) is 22.2. The average Bonchev–Trinajstić information content (AvgIpc) is 3.31. The molecule has 32 heavy (non-hydrogen) atoms. The molecule has 0 saturated carbocycles. The van der Waals surface area contributed by atoms with Gasteiger partial charge in [-0.05, 0) is 31.5 Å². The predicted octanol–water partition coefficient (Wildman–Crippen LogP) is 3.88. The molecule has 0 unspecified atom stereocenters. The molecule has 2 aliphatic heterocycles. The van der Waals surface area contributed by atoms with Gasteiger partial charge in [0.05, 0.1) is 23.4 Å². The molecule has 0 bridgehead atoms. The minimum Gasteiger partial charge on any atom is -0.368 e. The maximum Gasteiger partial charge on any atom is 0.264 e. The number of carbonyl (C=O) groups excluding carboxylic acids is 2. The third-order valence-corrected chi connectivity index (χ3v) is 7.09. The number of thiazole rings is 1. The van der Waals surface area contributed by atoms with E-state index in [1.807, 2.05) is 24.4 Å². The van der Waals surface area contributed by atoms with Crippen molar-refractivity contribution < 1.29 is 9.59 Å². The number of carbonyl (C=O) groups is 2. The minimum atomic E-state index is -0.224. The van der Waals surface area contributed by atoms with Crippen LogP contribution in [0.15, 0.2) is 47.8 Å². The summed E-state index contributed by atoms with van der Waals surface area (Å²) in [6.45, 7) is 8.69. The number of imide groups is 1. The van der Waals surface area contributed by atoms with Crippen molar-refractivity contribution in [2.24, 2.45) is 0 Å². The lowest BCUT2D eigenvalue weighted by molar-refractivity contribution is 0.0642. The van der Waals surface area contributed by atoms with Crippen LogP contribution in [-0.2, 0) is 13.1 Å². The molecule has 5 rings (SSSR count). The predicted molar refractivity (Wildman–Crippen MR) is 126 cm³/mol. The van der Waals surface area contributed by atoms with Crippen LogP contribution < -0.4 is 4.90 Å². The van der Waals surface area contributed by atoms with E-state index in [9.17, 15) is 9.59 Å². The second-order valence-electron chi connectivity index (χ2n) is 8.53. The molecule has 3 heterocycles. The van der Waals surface area contributed by atoms with Crippen LogP contribution in [-0.4, -0.2) is 52.8 Å². The second-order valence-corrected chi connectivity index (χ2v) is 9.47. The van der Waals surface area contributed by atoms with Gasteiger partial charge in [-0.15, -0.1) is 11.3 Å². The van der Waals surface area contributed by atoms with Crippen molar-refractivity contribution in [1.82, 2.24) is 14.8 Å². The van der Waals surface area contributed by atoms with Crippen molar-refractivity contribution in [3.8, 4) is 0 Å². The van der Waals surface area contributed by atoms with Gasteiger partial charge >= 0.3 is 0 Å². The Morgan fingerprint density at radius 2 is 1.72 bits per heavy atom. The van der Waals surface area contributed by atoms with Gasteiger partial charge in [0.1, 0.15) is 5.01 Å².